The van der Waals surface area contributed by atoms with Gasteiger partial charge in [0.25, 0.3) is 0 Å². The van der Waals surface area contributed by atoms with E-state index in [0.717, 1.165) is 19.0 Å². The molecule has 0 atom stereocenters. The average Bonchev–Trinajstić information content (AvgIpc) is 2.64. The first kappa shape index (κ1) is 16.0. The zero-order valence-electron chi connectivity index (χ0n) is 13.2. The van der Waals surface area contributed by atoms with E-state index in [-0.39, 0.29) is 5.54 Å². The molecule has 18 heavy (non-hydrogen) atoms. The smallest absolute Gasteiger partial charge is 0.0249 e. The van der Waals surface area contributed by atoms with Gasteiger partial charge in [0.05, 0.1) is 0 Å². The highest BCUT2D eigenvalue weighted by atomic mass is 15.0. The van der Waals surface area contributed by atoms with Gasteiger partial charge in [0.2, 0.25) is 0 Å². The molecule has 2 N–H and O–H groups in total. The van der Waals surface area contributed by atoms with Gasteiger partial charge in [-0.05, 0) is 51.0 Å². The minimum Gasteiger partial charge on any atom is -0.314 e. The highest BCUT2D eigenvalue weighted by molar-refractivity contribution is 4.89. The van der Waals surface area contributed by atoms with Crippen molar-refractivity contribution < 1.29 is 0 Å². The van der Waals surface area contributed by atoms with Crippen LogP contribution in [0.3, 0.4) is 0 Å². The summed E-state index contributed by atoms with van der Waals surface area (Å²) in [5.41, 5.74) is 0.808. The summed E-state index contributed by atoms with van der Waals surface area (Å²) in [6.45, 7) is 14.8. The molecule has 1 saturated carbocycles. The molecular formula is C16H34N2. The summed E-state index contributed by atoms with van der Waals surface area (Å²) >= 11 is 0. The number of nitrogens with one attached hydrogen (secondary N) is 2. The first-order valence-corrected chi connectivity index (χ1v) is 7.85. The van der Waals surface area contributed by atoms with E-state index in [1.807, 2.05) is 0 Å². The fourth-order valence-corrected chi connectivity index (χ4v) is 3.63. The second-order valence-electron chi connectivity index (χ2n) is 7.32. The Labute approximate surface area is 114 Å². The second-order valence-corrected chi connectivity index (χ2v) is 7.32. The summed E-state index contributed by atoms with van der Waals surface area (Å²) in [6, 6.07) is 0. The van der Waals surface area contributed by atoms with Gasteiger partial charge in [-0.2, -0.15) is 0 Å². The third kappa shape index (κ3) is 5.27. The van der Waals surface area contributed by atoms with Gasteiger partial charge in [-0.3, -0.25) is 0 Å². The van der Waals surface area contributed by atoms with E-state index in [1.54, 1.807) is 0 Å². The average molecular weight is 254 g/mol. The lowest BCUT2D eigenvalue weighted by Gasteiger charge is -2.34. The van der Waals surface area contributed by atoms with Crippen LogP contribution in [-0.2, 0) is 0 Å². The lowest BCUT2D eigenvalue weighted by molar-refractivity contribution is 0.215. The fourth-order valence-electron chi connectivity index (χ4n) is 3.63. The van der Waals surface area contributed by atoms with Crippen molar-refractivity contribution in [3.05, 3.63) is 0 Å². The van der Waals surface area contributed by atoms with Crippen LogP contribution in [0, 0.1) is 11.3 Å². The lowest BCUT2D eigenvalue weighted by Crippen LogP contribution is -2.49. The van der Waals surface area contributed by atoms with Crippen LogP contribution in [0.2, 0.25) is 0 Å². The molecule has 2 heteroatoms. The summed E-state index contributed by atoms with van der Waals surface area (Å²) in [6.07, 6.45) is 7.12. The molecule has 0 saturated heterocycles. The Morgan fingerprint density at radius 2 is 1.78 bits per heavy atom. The molecule has 1 fully saturated rings. The summed E-state index contributed by atoms with van der Waals surface area (Å²) in [7, 11) is 0. The van der Waals surface area contributed by atoms with Gasteiger partial charge in [-0.15, -0.1) is 0 Å². The summed E-state index contributed by atoms with van der Waals surface area (Å²) in [5.74, 6) is 0.826. The van der Waals surface area contributed by atoms with Crippen LogP contribution in [0.4, 0.5) is 0 Å². The number of likely N-dealkylation sites (N-methyl/N-ethyl adjacent to an activating group) is 1. The van der Waals surface area contributed by atoms with Crippen LogP contribution < -0.4 is 10.6 Å². The van der Waals surface area contributed by atoms with Crippen LogP contribution in [0.5, 0.6) is 0 Å². The van der Waals surface area contributed by atoms with Gasteiger partial charge >= 0.3 is 0 Å². The van der Waals surface area contributed by atoms with Gasteiger partial charge in [-0.1, -0.05) is 33.6 Å². The zero-order valence-corrected chi connectivity index (χ0v) is 13.2. The van der Waals surface area contributed by atoms with Crippen molar-refractivity contribution in [2.45, 2.75) is 72.3 Å². The topological polar surface area (TPSA) is 24.1 Å². The van der Waals surface area contributed by atoms with Gasteiger partial charge in [0.1, 0.15) is 0 Å². The van der Waals surface area contributed by atoms with Crippen molar-refractivity contribution in [1.29, 1.82) is 0 Å². The summed E-state index contributed by atoms with van der Waals surface area (Å²) in [4.78, 5) is 0. The van der Waals surface area contributed by atoms with Crippen LogP contribution in [0.25, 0.3) is 0 Å². The highest BCUT2D eigenvalue weighted by Crippen LogP contribution is 2.42. The Bertz CT molecular complexity index is 227. The van der Waals surface area contributed by atoms with E-state index in [1.165, 1.54) is 38.6 Å². The molecule has 108 valence electrons. The molecule has 0 aromatic rings. The third-order valence-electron chi connectivity index (χ3n) is 4.23. The van der Waals surface area contributed by atoms with E-state index in [4.69, 9.17) is 0 Å². The molecular weight excluding hydrogens is 220 g/mol. The molecule has 0 aromatic carbocycles. The minimum absolute atomic E-state index is 0.215. The molecule has 0 amide bonds. The fraction of sp³-hybridized carbons (Fsp3) is 1.00. The Balaban J connectivity index is 2.39. The molecule has 0 spiro atoms. The zero-order chi connectivity index (χ0) is 13.6. The highest BCUT2D eigenvalue weighted by Gasteiger charge is 2.34. The standard InChI is InChI=1S/C16H34N2/c1-6-18-15(4,5)12-17-13-16(11-14(2)3)9-7-8-10-16/h14,17-18H,6-13H2,1-5H3. The number of hydrogen-bond donors (Lipinski definition) is 2. The normalized spacial score (nSPS) is 19.7. The maximum Gasteiger partial charge on any atom is 0.0249 e. The number of hydrogen-bond acceptors (Lipinski definition) is 2. The molecule has 0 aromatic heterocycles. The quantitative estimate of drug-likeness (QED) is 0.692. The second kappa shape index (κ2) is 6.91. The van der Waals surface area contributed by atoms with E-state index in [9.17, 15) is 0 Å². The maximum atomic E-state index is 3.74. The van der Waals surface area contributed by atoms with Crippen molar-refractivity contribution in [3.63, 3.8) is 0 Å². The Hall–Kier alpha value is -0.0800. The van der Waals surface area contributed by atoms with Crippen molar-refractivity contribution in [1.82, 2.24) is 10.6 Å². The largest absolute Gasteiger partial charge is 0.314 e. The predicted molar refractivity (Wildman–Crippen MR) is 81.0 cm³/mol. The summed E-state index contributed by atoms with van der Waals surface area (Å²) in [5, 5.41) is 7.27. The van der Waals surface area contributed by atoms with E-state index >= 15 is 0 Å². The molecule has 1 aliphatic carbocycles. The first-order chi connectivity index (χ1) is 8.39. The van der Waals surface area contributed by atoms with Crippen molar-refractivity contribution >= 4 is 0 Å². The van der Waals surface area contributed by atoms with Crippen molar-refractivity contribution in [3.8, 4) is 0 Å². The Morgan fingerprint density at radius 3 is 2.28 bits per heavy atom. The van der Waals surface area contributed by atoms with Gasteiger partial charge in [0, 0.05) is 18.6 Å². The predicted octanol–water partition coefficient (Wildman–Crippen LogP) is 3.57. The Morgan fingerprint density at radius 1 is 1.17 bits per heavy atom. The van der Waals surface area contributed by atoms with E-state index in [0.29, 0.717) is 5.41 Å². The monoisotopic (exact) mass is 254 g/mol. The molecule has 2 nitrogen and oxygen atoms in total. The van der Waals surface area contributed by atoms with Gasteiger partial charge in [-0.25, -0.2) is 0 Å². The van der Waals surface area contributed by atoms with E-state index in [2.05, 4.69) is 45.3 Å². The molecule has 0 heterocycles. The molecule has 0 aliphatic heterocycles. The SMILES string of the molecule is CCNC(C)(C)CNCC1(CC(C)C)CCCC1. The maximum absolute atomic E-state index is 3.74. The van der Waals surface area contributed by atoms with Gasteiger partial charge < -0.3 is 10.6 Å². The van der Waals surface area contributed by atoms with Crippen LogP contribution in [0.1, 0.15) is 66.7 Å². The third-order valence-corrected chi connectivity index (χ3v) is 4.23. The molecule has 1 rings (SSSR count). The van der Waals surface area contributed by atoms with E-state index < -0.39 is 0 Å². The molecule has 0 radical (unpaired) electrons. The van der Waals surface area contributed by atoms with Crippen molar-refractivity contribution in [2.24, 2.45) is 11.3 Å². The number of rotatable bonds is 8. The minimum atomic E-state index is 0.215. The molecule has 1 aliphatic rings. The first-order valence-electron chi connectivity index (χ1n) is 7.85. The summed E-state index contributed by atoms with van der Waals surface area (Å²) < 4.78 is 0. The molecule has 0 bridgehead atoms. The lowest BCUT2D eigenvalue weighted by atomic mass is 9.78. The van der Waals surface area contributed by atoms with Crippen LogP contribution in [-0.4, -0.2) is 25.2 Å². The van der Waals surface area contributed by atoms with Crippen LogP contribution in [0.15, 0.2) is 0 Å². The molecule has 0 unspecified atom stereocenters. The van der Waals surface area contributed by atoms with Crippen molar-refractivity contribution in [2.75, 3.05) is 19.6 Å². The Kier molecular flexibility index (Phi) is 6.13. The van der Waals surface area contributed by atoms with Gasteiger partial charge in [0.15, 0.2) is 0 Å². The van der Waals surface area contributed by atoms with Crippen LogP contribution >= 0.6 is 0 Å².